The molecule has 0 atom stereocenters. The van der Waals surface area contributed by atoms with E-state index in [9.17, 15) is 0 Å². The summed E-state index contributed by atoms with van der Waals surface area (Å²) in [7, 11) is 0. The number of hydrogen-bond donors (Lipinski definition) is 0. The van der Waals surface area contributed by atoms with Crippen LogP contribution in [-0.4, -0.2) is 19.1 Å². The summed E-state index contributed by atoms with van der Waals surface area (Å²) in [5.41, 5.74) is 18.7. The lowest BCUT2D eigenvalue weighted by Gasteiger charge is -2.34. The molecule has 0 fully saturated rings. The fourth-order valence-electron chi connectivity index (χ4n) is 11.4. The van der Waals surface area contributed by atoms with Crippen molar-refractivity contribution in [3.63, 3.8) is 0 Å². The van der Waals surface area contributed by atoms with E-state index in [-0.39, 0.29) is 0 Å². The van der Waals surface area contributed by atoms with Gasteiger partial charge in [-0.25, -0.2) is 9.97 Å². The fraction of sp³-hybridized carbons (Fsp3) is 0.0154. The Hall–Kier alpha value is -9.12. The molecule has 0 spiro atoms. The Morgan fingerprint density at radius 2 is 0.681 bits per heavy atom. The van der Waals surface area contributed by atoms with Crippen LogP contribution in [-0.2, 0) is 5.41 Å². The lowest BCUT2D eigenvalue weighted by atomic mass is 9.67. The first-order chi connectivity index (χ1) is 34.2. The van der Waals surface area contributed by atoms with E-state index in [1.54, 1.807) is 0 Å². The number of fused-ring (bicyclic) bond motifs is 9. The van der Waals surface area contributed by atoms with E-state index in [2.05, 4.69) is 240 Å². The topological polar surface area (TPSA) is 35.6 Å². The first-order valence-electron chi connectivity index (χ1n) is 23.7. The largest absolute Gasteiger partial charge is 0.309 e. The Balaban J connectivity index is 1.02. The number of hydrogen-bond acceptors (Lipinski definition) is 2. The van der Waals surface area contributed by atoms with Crippen molar-refractivity contribution < 1.29 is 0 Å². The molecule has 0 saturated carbocycles. The summed E-state index contributed by atoms with van der Waals surface area (Å²) in [6.07, 6.45) is 0. The molecule has 4 nitrogen and oxygen atoms in total. The quantitative estimate of drug-likeness (QED) is 0.160. The van der Waals surface area contributed by atoms with Crippen LogP contribution in [0.1, 0.15) is 22.3 Å². The summed E-state index contributed by atoms with van der Waals surface area (Å²) >= 11 is 0. The number of rotatable bonds is 7. The summed E-state index contributed by atoms with van der Waals surface area (Å²) in [6.45, 7) is 0. The van der Waals surface area contributed by atoms with Crippen molar-refractivity contribution in [2.45, 2.75) is 5.41 Å². The van der Waals surface area contributed by atoms with E-state index in [0.29, 0.717) is 5.82 Å². The molecule has 0 aliphatic heterocycles. The molecule has 3 heterocycles. The molecular weight excluding hydrogens is 837 g/mol. The van der Waals surface area contributed by atoms with Crippen molar-refractivity contribution >= 4 is 43.6 Å². The summed E-state index contributed by atoms with van der Waals surface area (Å²) in [6, 6.07) is 92.5. The number of nitrogens with zero attached hydrogens (tertiary/aromatic N) is 4. The molecule has 1 aliphatic carbocycles. The predicted octanol–water partition coefficient (Wildman–Crippen LogP) is 16.0. The first-order valence-corrected chi connectivity index (χ1v) is 23.7. The van der Waals surface area contributed by atoms with Crippen LogP contribution in [0.25, 0.3) is 100 Å². The van der Waals surface area contributed by atoms with Crippen molar-refractivity contribution in [2.75, 3.05) is 0 Å². The maximum Gasteiger partial charge on any atom is 0.160 e. The molecule has 10 aromatic carbocycles. The molecule has 0 bridgehead atoms. The van der Waals surface area contributed by atoms with Crippen LogP contribution in [0.15, 0.2) is 255 Å². The Morgan fingerprint density at radius 3 is 1.17 bits per heavy atom. The van der Waals surface area contributed by atoms with Crippen molar-refractivity contribution in [3.8, 4) is 56.4 Å². The second kappa shape index (κ2) is 15.5. The maximum atomic E-state index is 5.16. The van der Waals surface area contributed by atoms with Crippen molar-refractivity contribution in [1.29, 1.82) is 0 Å². The minimum Gasteiger partial charge on any atom is -0.309 e. The minimum atomic E-state index is -0.626. The van der Waals surface area contributed by atoms with Crippen LogP contribution in [0.5, 0.6) is 0 Å². The average molecular weight is 879 g/mol. The van der Waals surface area contributed by atoms with Gasteiger partial charge in [-0.2, -0.15) is 0 Å². The Kier molecular flexibility index (Phi) is 8.77. The van der Waals surface area contributed by atoms with Crippen molar-refractivity contribution in [3.05, 3.63) is 277 Å². The third-order valence-electron chi connectivity index (χ3n) is 14.4. The Morgan fingerprint density at radius 1 is 0.290 bits per heavy atom. The Labute approximate surface area is 399 Å². The highest BCUT2D eigenvalue weighted by atomic mass is 15.0. The predicted molar refractivity (Wildman–Crippen MR) is 284 cm³/mol. The van der Waals surface area contributed by atoms with Gasteiger partial charge in [0.15, 0.2) is 5.82 Å². The van der Waals surface area contributed by atoms with E-state index in [1.807, 2.05) is 24.3 Å². The molecule has 322 valence electrons. The molecule has 1 aliphatic rings. The zero-order valence-electron chi connectivity index (χ0n) is 37.5. The standard InChI is InChI=1S/C65H42N4/c1-6-20-43(21-7-1)58-42-59(67-64(66-58)45-22-8-2-9-23-45)44-34-36-49(37-35-44)69-61-33-19-17-31-51(61)55-39-53-52-38-54-50-30-16-18-32-60(50)68(48-28-14-5-15-29-48)62(54)40-56(52)65(57(53)41-63(55)69,46-24-10-3-11-25-46)47-26-12-4-13-27-47/h1-42H. The van der Waals surface area contributed by atoms with Crippen LogP contribution in [0.3, 0.4) is 0 Å². The van der Waals surface area contributed by atoms with E-state index in [0.717, 1.165) is 50.5 Å². The molecule has 0 N–H and O–H groups in total. The van der Waals surface area contributed by atoms with Crippen molar-refractivity contribution in [1.82, 2.24) is 19.1 Å². The van der Waals surface area contributed by atoms with Crippen LogP contribution in [0.4, 0.5) is 0 Å². The Bertz CT molecular complexity index is 3980. The molecule has 69 heavy (non-hydrogen) atoms. The van der Waals surface area contributed by atoms with E-state index >= 15 is 0 Å². The van der Waals surface area contributed by atoms with Gasteiger partial charge in [-0.15, -0.1) is 0 Å². The van der Waals surface area contributed by atoms with Gasteiger partial charge in [0.2, 0.25) is 0 Å². The number of para-hydroxylation sites is 3. The van der Waals surface area contributed by atoms with Gasteiger partial charge in [0.05, 0.1) is 38.9 Å². The molecule has 14 rings (SSSR count). The monoisotopic (exact) mass is 878 g/mol. The third-order valence-corrected chi connectivity index (χ3v) is 14.4. The van der Waals surface area contributed by atoms with Crippen LogP contribution in [0, 0.1) is 0 Å². The van der Waals surface area contributed by atoms with E-state index < -0.39 is 5.41 Å². The SMILES string of the molecule is c1ccc(-c2cc(-c3ccc(-n4c5ccccc5c5cc6c(cc54)C(c4ccccc4)(c4ccccc4)c4cc5c(cc4-6)c4ccccc4n5-c4ccccc4)cc3)nc(-c3ccccc3)n2)cc1. The lowest BCUT2D eigenvalue weighted by molar-refractivity contribution is 0.769. The van der Waals surface area contributed by atoms with Crippen LogP contribution in [0.2, 0.25) is 0 Å². The van der Waals surface area contributed by atoms with Crippen molar-refractivity contribution in [2.24, 2.45) is 0 Å². The molecule has 4 heteroatoms. The number of aromatic nitrogens is 4. The van der Waals surface area contributed by atoms with Crippen LogP contribution >= 0.6 is 0 Å². The number of benzene rings is 10. The van der Waals surface area contributed by atoms with Gasteiger partial charge in [-0.1, -0.05) is 188 Å². The second-order valence-electron chi connectivity index (χ2n) is 18.1. The van der Waals surface area contributed by atoms with Gasteiger partial charge in [-0.05, 0) is 100 Å². The molecule has 0 radical (unpaired) electrons. The summed E-state index contributed by atoms with van der Waals surface area (Å²) in [5, 5.41) is 4.93. The normalized spacial score (nSPS) is 12.8. The average Bonchev–Trinajstić information content (AvgIpc) is 4.04. The molecular formula is C65H42N4. The zero-order valence-corrected chi connectivity index (χ0v) is 37.5. The molecule has 13 aromatic rings. The van der Waals surface area contributed by atoms with Gasteiger partial charge < -0.3 is 9.13 Å². The summed E-state index contributed by atoms with van der Waals surface area (Å²) in [5.74, 6) is 0.704. The second-order valence-corrected chi connectivity index (χ2v) is 18.1. The molecule has 0 unspecified atom stereocenters. The molecule has 0 saturated heterocycles. The lowest BCUT2D eigenvalue weighted by Crippen LogP contribution is -2.28. The van der Waals surface area contributed by atoms with E-state index in [1.165, 1.54) is 66.0 Å². The highest BCUT2D eigenvalue weighted by Crippen LogP contribution is 2.59. The summed E-state index contributed by atoms with van der Waals surface area (Å²) in [4.78, 5) is 10.2. The maximum absolute atomic E-state index is 5.16. The third kappa shape index (κ3) is 5.95. The van der Waals surface area contributed by atoms with Gasteiger partial charge in [0.1, 0.15) is 0 Å². The van der Waals surface area contributed by atoms with Gasteiger partial charge in [-0.3, -0.25) is 0 Å². The van der Waals surface area contributed by atoms with Gasteiger partial charge in [0, 0.05) is 49.6 Å². The fourth-order valence-corrected chi connectivity index (χ4v) is 11.4. The smallest absolute Gasteiger partial charge is 0.160 e. The summed E-state index contributed by atoms with van der Waals surface area (Å²) < 4.78 is 4.90. The molecule has 3 aromatic heterocycles. The molecule has 0 amide bonds. The zero-order chi connectivity index (χ0) is 45.5. The highest BCUT2D eigenvalue weighted by Gasteiger charge is 2.47. The first kappa shape index (κ1) is 39.1. The van der Waals surface area contributed by atoms with Crippen LogP contribution < -0.4 is 0 Å². The highest BCUT2D eigenvalue weighted by molar-refractivity contribution is 6.15. The van der Waals surface area contributed by atoms with Gasteiger partial charge in [0.25, 0.3) is 0 Å². The minimum absolute atomic E-state index is 0.626. The van der Waals surface area contributed by atoms with E-state index in [4.69, 9.17) is 9.97 Å². The van der Waals surface area contributed by atoms with Gasteiger partial charge >= 0.3 is 0 Å².